The maximum absolute atomic E-state index is 12.3. The summed E-state index contributed by atoms with van der Waals surface area (Å²) in [5.41, 5.74) is -0.701. The van der Waals surface area contributed by atoms with Gasteiger partial charge in [0, 0.05) is 18.5 Å². The lowest BCUT2D eigenvalue weighted by Crippen LogP contribution is -2.50. The first-order valence-electron chi connectivity index (χ1n) is 8.65. The molecule has 0 radical (unpaired) electrons. The number of carbonyl (C=O) groups excluding carboxylic acids is 1. The van der Waals surface area contributed by atoms with Crippen LogP contribution in [0.4, 0.5) is 0 Å². The highest BCUT2D eigenvalue weighted by atomic mass is 16.3. The quantitative estimate of drug-likeness (QED) is 0.730. The van der Waals surface area contributed by atoms with Crippen LogP contribution < -0.4 is 10.6 Å². The van der Waals surface area contributed by atoms with E-state index >= 15 is 0 Å². The van der Waals surface area contributed by atoms with Crippen LogP contribution in [-0.4, -0.2) is 35.7 Å². The van der Waals surface area contributed by atoms with E-state index in [-0.39, 0.29) is 11.4 Å². The SMILES string of the molecule is CNC1(CC(=O)NCC2(O)CCC(C)CC2)CCCCC1. The van der Waals surface area contributed by atoms with Crippen molar-refractivity contribution in [1.82, 2.24) is 10.6 Å². The standard InChI is InChI=1S/C17H32N2O2/c1-14-6-10-17(21,11-7-14)13-19-15(20)12-16(18-2)8-4-3-5-9-16/h14,18,21H,3-13H2,1-2H3,(H,19,20). The molecule has 3 N–H and O–H groups in total. The third kappa shape index (κ3) is 4.68. The third-order valence-corrected chi connectivity index (χ3v) is 5.66. The molecule has 0 aromatic carbocycles. The van der Waals surface area contributed by atoms with Gasteiger partial charge in [0.1, 0.15) is 0 Å². The highest BCUT2D eigenvalue weighted by molar-refractivity contribution is 5.77. The first-order valence-corrected chi connectivity index (χ1v) is 8.65. The predicted octanol–water partition coefficient (Wildman–Crippen LogP) is 2.36. The Hall–Kier alpha value is -0.610. The normalized spacial score (nSPS) is 32.6. The van der Waals surface area contributed by atoms with Gasteiger partial charge < -0.3 is 15.7 Å². The van der Waals surface area contributed by atoms with Crippen molar-refractivity contribution in [2.75, 3.05) is 13.6 Å². The van der Waals surface area contributed by atoms with Crippen LogP contribution in [0.2, 0.25) is 0 Å². The van der Waals surface area contributed by atoms with Crippen LogP contribution in [0.5, 0.6) is 0 Å². The van der Waals surface area contributed by atoms with E-state index in [4.69, 9.17) is 0 Å². The molecule has 122 valence electrons. The van der Waals surface area contributed by atoms with E-state index in [0.29, 0.717) is 18.9 Å². The molecule has 0 aromatic heterocycles. The van der Waals surface area contributed by atoms with Gasteiger partial charge >= 0.3 is 0 Å². The molecule has 2 rings (SSSR count). The van der Waals surface area contributed by atoms with Crippen LogP contribution in [0.25, 0.3) is 0 Å². The summed E-state index contributed by atoms with van der Waals surface area (Å²) >= 11 is 0. The summed E-state index contributed by atoms with van der Waals surface area (Å²) in [6, 6.07) is 0. The first kappa shape index (κ1) is 16.8. The Bertz CT molecular complexity index is 343. The van der Waals surface area contributed by atoms with Crippen molar-refractivity contribution in [1.29, 1.82) is 0 Å². The molecule has 0 atom stereocenters. The van der Waals surface area contributed by atoms with Crippen molar-refractivity contribution in [3.8, 4) is 0 Å². The van der Waals surface area contributed by atoms with Crippen molar-refractivity contribution >= 4 is 5.91 Å². The Morgan fingerprint density at radius 1 is 1.14 bits per heavy atom. The Labute approximate surface area is 129 Å². The molecule has 2 saturated carbocycles. The van der Waals surface area contributed by atoms with Crippen molar-refractivity contribution < 1.29 is 9.90 Å². The van der Waals surface area contributed by atoms with E-state index < -0.39 is 5.60 Å². The number of amides is 1. The lowest BCUT2D eigenvalue weighted by Gasteiger charge is -2.38. The molecule has 2 aliphatic carbocycles. The Morgan fingerprint density at radius 2 is 1.76 bits per heavy atom. The smallest absolute Gasteiger partial charge is 0.221 e. The van der Waals surface area contributed by atoms with Gasteiger partial charge in [-0.25, -0.2) is 0 Å². The zero-order chi connectivity index (χ0) is 15.3. The molecule has 0 aromatic rings. The predicted molar refractivity (Wildman–Crippen MR) is 85.1 cm³/mol. The van der Waals surface area contributed by atoms with Gasteiger partial charge in [-0.05, 0) is 51.5 Å². The van der Waals surface area contributed by atoms with Crippen LogP contribution in [0.15, 0.2) is 0 Å². The highest BCUT2D eigenvalue weighted by Gasteiger charge is 2.35. The molecule has 0 heterocycles. The Morgan fingerprint density at radius 3 is 2.33 bits per heavy atom. The van der Waals surface area contributed by atoms with E-state index in [1.54, 1.807) is 0 Å². The summed E-state index contributed by atoms with van der Waals surface area (Å²) in [5, 5.41) is 16.9. The molecular formula is C17H32N2O2. The minimum atomic E-state index is -0.679. The van der Waals surface area contributed by atoms with Gasteiger partial charge in [-0.1, -0.05) is 26.2 Å². The Balaban J connectivity index is 1.78. The number of aliphatic hydroxyl groups is 1. The van der Waals surface area contributed by atoms with E-state index in [2.05, 4.69) is 17.6 Å². The summed E-state index contributed by atoms with van der Waals surface area (Å²) in [6.45, 7) is 2.65. The van der Waals surface area contributed by atoms with Crippen LogP contribution in [0.1, 0.15) is 71.1 Å². The minimum absolute atomic E-state index is 0.0218. The first-order chi connectivity index (χ1) is 9.97. The van der Waals surface area contributed by atoms with Gasteiger partial charge in [-0.2, -0.15) is 0 Å². The fraction of sp³-hybridized carbons (Fsp3) is 0.941. The molecule has 0 aliphatic heterocycles. The maximum Gasteiger partial charge on any atom is 0.221 e. The fourth-order valence-electron chi connectivity index (χ4n) is 3.85. The molecule has 0 bridgehead atoms. The van der Waals surface area contributed by atoms with Crippen molar-refractivity contribution in [3.63, 3.8) is 0 Å². The second-order valence-electron chi connectivity index (χ2n) is 7.45. The summed E-state index contributed by atoms with van der Waals surface area (Å²) in [7, 11) is 1.97. The fourth-order valence-corrected chi connectivity index (χ4v) is 3.85. The van der Waals surface area contributed by atoms with Crippen LogP contribution in [-0.2, 0) is 4.79 Å². The van der Waals surface area contributed by atoms with Gasteiger partial charge in [0.2, 0.25) is 5.91 Å². The van der Waals surface area contributed by atoms with Gasteiger partial charge in [-0.3, -0.25) is 4.79 Å². The molecule has 0 saturated heterocycles. The van der Waals surface area contributed by atoms with E-state index in [1.165, 1.54) is 19.3 Å². The summed E-state index contributed by atoms with van der Waals surface area (Å²) in [6.07, 6.45) is 10.1. The van der Waals surface area contributed by atoms with Crippen LogP contribution >= 0.6 is 0 Å². The van der Waals surface area contributed by atoms with Gasteiger partial charge in [-0.15, -0.1) is 0 Å². The van der Waals surface area contributed by atoms with Crippen LogP contribution in [0, 0.1) is 5.92 Å². The van der Waals surface area contributed by atoms with Crippen molar-refractivity contribution in [2.45, 2.75) is 82.3 Å². The maximum atomic E-state index is 12.3. The zero-order valence-corrected chi connectivity index (χ0v) is 13.7. The number of hydrogen-bond donors (Lipinski definition) is 3. The third-order valence-electron chi connectivity index (χ3n) is 5.66. The van der Waals surface area contributed by atoms with Crippen molar-refractivity contribution in [3.05, 3.63) is 0 Å². The van der Waals surface area contributed by atoms with Gasteiger partial charge in [0.25, 0.3) is 0 Å². The topological polar surface area (TPSA) is 61.4 Å². The second-order valence-corrected chi connectivity index (χ2v) is 7.45. The molecule has 4 nitrogen and oxygen atoms in total. The number of hydrogen-bond acceptors (Lipinski definition) is 3. The molecule has 2 fully saturated rings. The second kappa shape index (κ2) is 7.10. The number of rotatable bonds is 5. The zero-order valence-electron chi connectivity index (χ0n) is 13.7. The summed E-state index contributed by atoms with van der Waals surface area (Å²) < 4.78 is 0. The molecule has 0 unspecified atom stereocenters. The monoisotopic (exact) mass is 296 g/mol. The molecule has 0 spiro atoms. The molecular weight excluding hydrogens is 264 g/mol. The molecule has 21 heavy (non-hydrogen) atoms. The summed E-state index contributed by atoms with van der Waals surface area (Å²) in [4.78, 5) is 12.3. The lowest BCUT2D eigenvalue weighted by atomic mass is 9.78. The molecule has 2 aliphatic rings. The van der Waals surface area contributed by atoms with E-state index in [1.807, 2.05) is 7.05 Å². The van der Waals surface area contributed by atoms with Crippen molar-refractivity contribution in [2.24, 2.45) is 5.92 Å². The average Bonchev–Trinajstić information content (AvgIpc) is 2.50. The summed E-state index contributed by atoms with van der Waals surface area (Å²) in [5.74, 6) is 0.786. The van der Waals surface area contributed by atoms with E-state index in [9.17, 15) is 9.90 Å². The van der Waals surface area contributed by atoms with Gasteiger partial charge in [0.05, 0.1) is 5.60 Å². The van der Waals surface area contributed by atoms with E-state index in [0.717, 1.165) is 38.5 Å². The highest BCUT2D eigenvalue weighted by Crippen LogP contribution is 2.32. The largest absolute Gasteiger partial charge is 0.388 e. The average molecular weight is 296 g/mol. The Kier molecular flexibility index (Phi) is 5.67. The molecule has 4 heteroatoms. The van der Waals surface area contributed by atoms with Crippen LogP contribution in [0.3, 0.4) is 0 Å². The minimum Gasteiger partial charge on any atom is -0.388 e. The number of carbonyl (C=O) groups is 1. The van der Waals surface area contributed by atoms with Gasteiger partial charge in [0.15, 0.2) is 0 Å². The number of nitrogens with one attached hydrogen (secondary N) is 2. The molecule has 1 amide bonds. The lowest BCUT2D eigenvalue weighted by molar-refractivity contribution is -0.124.